The van der Waals surface area contributed by atoms with Crippen LogP contribution in [0.25, 0.3) is 0 Å². The van der Waals surface area contributed by atoms with Crippen LogP contribution in [0.3, 0.4) is 0 Å². The summed E-state index contributed by atoms with van der Waals surface area (Å²) in [6.07, 6.45) is 0. The second-order valence-electron chi connectivity index (χ2n) is 5.93. The third-order valence-electron chi connectivity index (χ3n) is 3.37. The molecule has 102 valence electrons. The van der Waals surface area contributed by atoms with Crippen LogP contribution < -0.4 is 4.46 Å². The normalized spacial score (nSPS) is 11.9. The zero-order valence-electron chi connectivity index (χ0n) is 13.0. The van der Waals surface area contributed by atoms with Crippen LogP contribution in [-0.4, -0.2) is 15.0 Å². The molecule has 1 heteroatoms. The number of hydrogen-bond acceptors (Lipinski definition) is 0. The summed E-state index contributed by atoms with van der Waals surface area (Å²) in [5.74, 6) is 1.91. The molecule has 0 fully saturated rings. The molecular weight excluding hydrogens is 283 g/mol. The van der Waals surface area contributed by atoms with Crippen molar-refractivity contribution in [2.45, 2.75) is 71.5 Å². The van der Waals surface area contributed by atoms with E-state index in [-0.39, 0.29) is 0 Å². The third kappa shape index (κ3) is 3.62. The summed E-state index contributed by atoms with van der Waals surface area (Å²) in [6.45, 7) is 16.2. The predicted octanol–water partition coefficient (Wildman–Crippen LogP) is 4.82. The fourth-order valence-electron chi connectivity index (χ4n) is 2.20. The van der Waals surface area contributed by atoms with E-state index in [2.05, 4.69) is 60.6 Å². The van der Waals surface area contributed by atoms with Crippen LogP contribution in [0.15, 0.2) is 12.1 Å². The maximum absolute atomic E-state index is 2.47. The van der Waals surface area contributed by atoms with E-state index in [9.17, 15) is 0 Å². The van der Waals surface area contributed by atoms with Crippen molar-refractivity contribution in [2.75, 3.05) is 0 Å². The Morgan fingerprint density at radius 3 is 1.56 bits per heavy atom. The Labute approximate surface area is 120 Å². The van der Waals surface area contributed by atoms with Crippen LogP contribution in [0.5, 0.6) is 0 Å². The van der Waals surface area contributed by atoms with E-state index in [4.69, 9.17) is 0 Å². The number of benzene rings is 1. The van der Waals surface area contributed by atoms with Crippen molar-refractivity contribution in [1.29, 1.82) is 0 Å². The molecule has 1 aromatic rings. The Morgan fingerprint density at radius 1 is 0.833 bits per heavy atom. The predicted molar refractivity (Wildman–Crippen MR) is 84.6 cm³/mol. The molecule has 0 nitrogen and oxygen atoms in total. The topological polar surface area (TPSA) is 0 Å². The van der Waals surface area contributed by atoms with Crippen molar-refractivity contribution in [3.05, 3.63) is 28.8 Å². The minimum atomic E-state index is 0.628. The SMILES string of the molecule is CC[Se]c1c(C(C)C)cc(C(C)C)cc1C(C)C. The molecule has 0 bridgehead atoms. The van der Waals surface area contributed by atoms with Crippen LogP contribution in [0, 0.1) is 0 Å². The zero-order valence-corrected chi connectivity index (χ0v) is 14.7. The standard InChI is InChI=1S/C17H28Se/c1-8-18-17-15(12(4)5)9-14(11(2)3)10-16(17)13(6)7/h9-13H,8H2,1-7H3. The Kier molecular flexibility index (Phi) is 5.95. The Morgan fingerprint density at radius 2 is 1.28 bits per heavy atom. The summed E-state index contributed by atoms with van der Waals surface area (Å²) < 4.78 is 1.68. The molecule has 0 atom stereocenters. The molecule has 0 spiro atoms. The summed E-state index contributed by atoms with van der Waals surface area (Å²) in [6, 6.07) is 4.93. The molecular formula is C17H28Se. The van der Waals surface area contributed by atoms with Crippen LogP contribution in [0.2, 0.25) is 5.32 Å². The van der Waals surface area contributed by atoms with Gasteiger partial charge in [-0.3, -0.25) is 0 Å². The average molecular weight is 311 g/mol. The van der Waals surface area contributed by atoms with E-state index in [1.54, 1.807) is 15.6 Å². The van der Waals surface area contributed by atoms with E-state index in [0.717, 1.165) is 0 Å². The molecule has 1 rings (SSSR count). The average Bonchev–Trinajstić information content (AvgIpc) is 2.28. The van der Waals surface area contributed by atoms with Crippen LogP contribution in [0.1, 0.15) is 82.9 Å². The summed E-state index contributed by atoms with van der Waals surface area (Å²) in [5.41, 5.74) is 4.72. The number of rotatable bonds is 5. The summed E-state index contributed by atoms with van der Waals surface area (Å²) in [4.78, 5) is 0. The maximum atomic E-state index is 2.47. The summed E-state index contributed by atoms with van der Waals surface area (Å²) in [5, 5.41) is 1.30. The van der Waals surface area contributed by atoms with Crippen molar-refractivity contribution < 1.29 is 0 Å². The van der Waals surface area contributed by atoms with E-state index in [0.29, 0.717) is 32.7 Å². The molecule has 0 aromatic heterocycles. The molecule has 0 amide bonds. The van der Waals surface area contributed by atoms with Crippen molar-refractivity contribution in [3.8, 4) is 0 Å². The first-order valence-corrected chi connectivity index (χ1v) is 9.25. The van der Waals surface area contributed by atoms with Gasteiger partial charge in [0.2, 0.25) is 0 Å². The van der Waals surface area contributed by atoms with Crippen LogP contribution >= 0.6 is 0 Å². The Hall–Kier alpha value is -0.261. The Bertz CT molecular complexity index is 360. The van der Waals surface area contributed by atoms with Gasteiger partial charge < -0.3 is 0 Å². The molecule has 0 N–H and O–H groups in total. The molecule has 0 saturated carbocycles. The van der Waals surface area contributed by atoms with Gasteiger partial charge in [0.1, 0.15) is 0 Å². The quantitative estimate of drug-likeness (QED) is 0.684. The summed E-state index contributed by atoms with van der Waals surface area (Å²) in [7, 11) is 0. The zero-order chi connectivity index (χ0) is 13.9. The molecule has 18 heavy (non-hydrogen) atoms. The molecule has 0 aliphatic rings. The second-order valence-corrected chi connectivity index (χ2v) is 8.60. The van der Waals surface area contributed by atoms with E-state index in [1.807, 2.05) is 0 Å². The van der Waals surface area contributed by atoms with Gasteiger partial charge in [0.15, 0.2) is 0 Å². The fourth-order valence-corrected chi connectivity index (χ4v) is 4.74. The molecule has 1 aromatic carbocycles. The van der Waals surface area contributed by atoms with Crippen molar-refractivity contribution in [1.82, 2.24) is 0 Å². The third-order valence-corrected chi connectivity index (χ3v) is 5.57. The van der Waals surface area contributed by atoms with Crippen molar-refractivity contribution in [2.24, 2.45) is 0 Å². The molecule has 0 unspecified atom stereocenters. The molecule has 0 radical (unpaired) electrons. The van der Waals surface area contributed by atoms with Gasteiger partial charge >= 0.3 is 120 Å². The van der Waals surface area contributed by atoms with Gasteiger partial charge in [-0.25, -0.2) is 0 Å². The van der Waals surface area contributed by atoms with Crippen LogP contribution in [-0.2, 0) is 0 Å². The minimum absolute atomic E-state index is 0.628. The first-order valence-electron chi connectivity index (χ1n) is 7.18. The van der Waals surface area contributed by atoms with Crippen LogP contribution in [0.4, 0.5) is 0 Å². The monoisotopic (exact) mass is 312 g/mol. The summed E-state index contributed by atoms with van der Waals surface area (Å²) >= 11 is 0.634. The van der Waals surface area contributed by atoms with E-state index >= 15 is 0 Å². The van der Waals surface area contributed by atoms with Gasteiger partial charge in [0.25, 0.3) is 0 Å². The van der Waals surface area contributed by atoms with Gasteiger partial charge in [0.05, 0.1) is 0 Å². The van der Waals surface area contributed by atoms with Crippen molar-refractivity contribution >= 4 is 19.4 Å². The molecule has 0 aliphatic heterocycles. The van der Waals surface area contributed by atoms with E-state index in [1.165, 1.54) is 10.9 Å². The molecule has 0 heterocycles. The van der Waals surface area contributed by atoms with Gasteiger partial charge in [-0.05, 0) is 0 Å². The first-order chi connectivity index (χ1) is 8.38. The first kappa shape index (κ1) is 15.8. The fraction of sp³-hybridized carbons (Fsp3) is 0.647. The molecule has 0 aliphatic carbocycles. The van der Waals surface area contributed by atoms with Gasteiger partial charge in [0, 0.05) is 0 Å². The van der Waals surface area contributed by atoms with Crippen molar-refractivity contribution in [3.63, 3.8) is 0 Å². The Balaban J connectivity index is 3.44. The molecule has 0 saturated heterocycles. The second kappa shape index (κ2) is 6.78. The van der Waals surface area contributed by atoms with Gasteiger partial charge in [-0.2, -0.15) is 0 Å². The number of hydrogen-bond donors (Lipinski definition) is 0. The van der Waals surface area contributed by atoms with Gasteiger partial charge in [-0.1, -0.05) is 0 Å². The van der Waals surface area contributed by atoms with Gasteiger partial charge in [-0.15, -0.1) is 0 Å². The van der Waals surface area contributed by atoms with E-state index < -0.39 is 0 Å².